The van der Waals surface area contributed by atoms with Crippen LogP contribution in [0.25, 0.3) is 10.9 Å². The van der Waals surface area contributed by atoms with Crippen LogP contribution in [0.1, 0.15) is 12.2 Å². The van der Waals surface area contributed by atoms with Crippen molar-refractivity contribution in [3.05, 3.63) is 64.7 Å². The highest BCUT2D eigenvalue weighted by Gasteiger charge is 2.12. The fourth-order valence-corrected chi connectivity index (χ4v) is 2.82. The van der Waals surface area contributed by atoms with E-state index in [4.69, 9.17) is 9.47 Å². The highest BCUT2D eigenvalue weighted by molar-refractivity contribution is 5.93. The predicted molar refractivity (Wildman–Crippen MR) is 108 cm³/mol. The van der Waals surface area contributed by atoms with Gasteiger partial charge in [-0.2, -0.15) is 0 Å². The first-order valence-electron chi connectivity index (χ1n) is 9.02. The minimum absolute atomic E-state index is 0.00502. The quantitative estimate of drug-likeness (QED) is 0.615. The molecule has 0 aliphatic rings. The molecule has 150 valence electrons. The summed E-state index contributed by atoms with van der Waals surface area (Å²) in [5.74, 6) is 0.0795. The Morgan fingerprint density at radius 2 is 1.93 bits per heavy atom. The van der Waals surface area contributed by atoms with Gasteiger partial charge in [0.05, 0.1) is 24.4 Å². The van der Waals surface area contributed by atoms with Crippen molar-refractivity contribution in [3.8, 4) is 5.75 Å². The van der Waals surface area contributed by atoms with E-state index in [-0.39, 0.29) is 18.4 Å². The number of nitrogens with one attached hydrogen (secondary N) is 1. The van der Waals surface area contributed by atoms with E-state index in [2.05, 4.69) is 10.3 Å². The fraction of sp³-hybridized carbons (Fsp3) is 0.238. The first kappa shape index (κ1) is 20.1. The van der Waals surface area contributed by atoms with E-state index in [0.717, 1.165) is 0 Å². The van der Waals surface area contributed by atoms with Crippen molar-refractivity contribution >= 4 is 28.5 Å². The lowest BCUT2D eigenvalue weighted by Crippen LogP contribution is -2.24. The molecule has 0 spiro atoms. The number of esters is 1. The average Bonchev–Trinajstić information content (AvgIpc) is 2.74. The Balaban J connectivity index is 1.53. The Morgan fingerprint density at radius 3 is 2.72 bits per heavy atom. The van der Waals surface area contributed by atoms with Gasteiger partial charge in [0.25, 0.3) is 11.5 Å². The van der Waals surface area contributed by atoms with E-state index in [9.17, 15) is 14.4 Å². The smallest absolute Gasteiger partial charge is 0.306 e. The van der Waals surface area contributed by atoms with Crippen LogP contribution in [0, 0.1) is 0 Å². The molecule has 0 bridgehead atoms. The second-order valence-electron chi connectivity index (χ2n) is 6.35. The standard InChI is InChI=1S/C21H21N3O5/c1-24-18(23-17-9-4-3-8-16(17)21(24)27)10-11-20(26)29-13-19(25)22-14-6-5-7-15(12-14)28-2/h3-9,12H,10-11,13H2,1-2H3,(H,22,25). The molecule has 0 aliphatic heterocycles. The van der Waals surface area contributed by atoms with Gasteiger partial charge in [-0.15, -0.1) is 0 Å². The number of aromatic nitrogens is 2. The zero-order chi connectivity index (χ0) is 20.8. The molecule has 1 amide bonds. The third-order valence-electron chi connectivity index (χ3n) is 4.35. The number of para-hydroxylation sites is 1. The van der Waals surface area contributed by atoms with E-state index in [1.807, 2.05) is 0 Å². The number of benzene rings is 2. The molecule has 8 heteroatoms. The lowest BCUT2D eigenvalue weighted by Gasteiger charge is -2.10. The third kappa shape index (κ3) is 4.98. The summed E-state index contributed by atoms with van der Waals surface area (Å²) in [7, 11) is 3.15. The van der Waals surface area contributed by atoms with Gasteiger partial charge in [-0.3, -0.25) is 19.0 Å². The van der Waals surface area contributed by atoms with Crippen LogP contribution in [-0.4, -0.2) is 35.1 Å². The molecular weight excluding hydrogens is 374 g/mol. The van der Waals surface area contributed by atoms with Crippen LogP contribution in [0.15, 0.2) is 53.3 Å². The van der Waals surface area contributed by atoms with E-state index in [1.165, 1.54) is 11.7 Å². The number of amides is 1. The summed E-state index contributed by atoms with van der Waals surface area (Å²) < 4.78 is 11.5. The molecule has 1 aromatic heterocycles. The van der Waals surface area contributed by atoms with Gasteiger partial charge < -0.3 is 14.8 Å². The summed E-state index contributed by atoms with van der Waals surface area (Å²) >= 11 is 0. The molecule has 0 atom stereocenters. The van der Waals surface area contributed by atoms with Gasteiger partial charge in [-0.1, -0.05) is 18.2 Å². The van der Waals surface area contributed by atoms with Gasteiger partial charge in [0, 0.05) is 25.2 Å². The Labute approximate surface area is 167 Å². The first-order valence-corrected chi connectivity index (χ1v) is 9.02. The predicted octanol–water partition coefficient (Wildman–Crippen LogP) is 2.06. The van der Waals surface area contributed by atoms with Crippen molar-refractivity contribution in [3.63, 3.8) is 0 Å². The highest BCUT2D eigenvalue weighted by atomic mass is 16.5. The van der Waals surface area contributed by atoms with Gasteiger partial charge in [-0.05, 0) is 24.3 Å². The maximum atomic E-state index is 12.4. The Morgan fingerprint density at radius 1 is 1.14 bits per heavy atom. The molecule has 0 saturated heterocycles. The number of rotatable bonds is 7. The van der Waals surface area contributed by atoms with Crippen LogP contribution < -0.4 is 15.6 Å². The lowest BCUT2D eigenvalue weighted by atomic mass is 10.2. The Hall–Kier alpha value is -3.68. The van der Waals surface area contributed by atoms with Gasteiger partial charge >= 0.3 is 5.97 Å². The van der Waals surface area contributed by atoms with Crippen LogP contribution >= 0.6 is 0 Å². The maximum absolute atomic E-state index is 12.4. The number of aryl methyl sites for hydroxylation is 1. The van der Waals surface area contributed by atoms with E-state index >= 15 is 0 Å². The zero-order valence-corrected chi connectivity index (χ0v) is 16.2. The lowest BCUT2D eigenvalue weighted by molar-refractivity contribution is -0.147. The number of ether oxygens (including phenoxy) is 2. The van der Waals surface area contributed by atoms with Gasteiger partial charge in [-0.25, -0.2) is 4.98 Å². The van der Waals surface area contributed by atoms with Crippen molar-refractivity contribution in [2.75, 3.05) is 19.0 Å². The Kier molecular flexibility index (Phi) is 6.23. The molecule has 3 aromatic rings. The molecule has 3 rings (SSSR count). The molecule has 0 fully saturated rings. The summed E-state index contributed by atoms with van der Waals surface area (Å²) in [6.45, 7) is -0.403. The monoisotopic (exact) mass is 395 g/mol. The third-order valence-corrected chi connectivity index (χ3v) is 4.35. The fourth-order valence-electron chi connectivity index (χ4n) is 2.82. The zero-order valence-electron chi connectivity index (χ0n) is 16.2. The minimum Gasteiger partial charge on any atom is -0.497 e. The molecule has 2 aromatic carbocycles. The number of carbonyl (C=O) groups excluding carboxylic acids is 2. The second kappa shape index (κ2) is 9.01. The number of methoxy groups -OCH3 is 1. The average molecular weight is 395 g/mol. The van der Waals surface area contributed by atoms with Crippen LogP contribution in [0.3, 0.4) is 0 Å². The molecule has 0 saturated carbocycles. The van der Waals surface area contributed by atoms with Crippen LogP contribution in [0.4, 0.5) is 5.69 Å². The summed E-state index contributed by atoms with van der Waals surface area (Å²) in [4.78, 5) is 40.8. The number of hydrogen-bond donors (Lipinski definition) is 1. The van der Waals surface area contributed by atoms with Crippen LogP contribution in [0.5, 0.6) is 5.75 Å². The van der Waals surface area contributed by atoms with Crippen LogP contribution in [0.2, 0.25) is 0 Å². The number of hydrogen-bond acceptors (Lipinski definition) is 6. The molecule has 1 heterocycles. The molecule has 29 heavy (non-hydrogen) atoms. The number of nitrogens with zero attached hydrogens (tertiary/aromatic N) is 2. The normalized spacial score (nSPS) is 10.6. The van der Waals surface area contributed by atoms with Crippen molar-refractivity contribution in [1.82, 2.24) is 9.55 Å². The number of carbonyl (C=O) groups is 2. The number of anilines is 1. The topological polar surface area (TPSA) is 99.5 Å². The van der Waals surface area contributed by atoms with E-state index in [0.29, 0.717) is 28.2 Å². The second-order valence-corrected chi connectivity index (χ2v) is 6.35. The molecule has 1 N–H and O–H groups in total. The highest BCUT2D eigenvalue weighted by Crippen LogP contribution is 2.16. The van der Waals surface area contributed by atoms with Gasteiger partial charge in [0.15, 0.2) is 6.61 Å². The summed E-state index contributed by atoms with van der Waals surface area (Å²) in [5, 5.41) is 3.15. The van der Waals surface area contributed by atoms with Crippen molar-refractivity contribution in [2.45, 2.75) is 12.8 Å². The summed E-state index contributed by atoms with van der Waals surface area (Å²) in [6, 6.07) is 13.9. The molecule has 0 radical (unpaired) electrons. The van der Waals surface area contributed by atoms with Crippen molar-refractivity contribution < 1.29 is 19.1 Å². The van der Waals surface area contributed by atoms with Gasteiger partial charge in [0.1, 0.15) is 11.6 Å². The maximum Gasteiger partial charge on any atom is 0.306 e. The minimum atomic E-state index is -0.548. The summed E-state index contributed by atoms with van der Waals surface area (Å²) in [5.41, 5.74) is 0.953. The SMILES string of the molecule is COc1cccc(NC(=O)COC(=O)CCc2nc3ccccc3c(=O)n2C)c1. The molecule has 0 aliphatic carbocycles. The Bertz CT molecular complexity index is 1110. The van der Waals surface area contributed by atoms with Gasteiger partial charge in [0.2, 0.25) is 0 Å². The molecular formula is C21H21N3O5. The molecule has 8 nitrogen and oxygen atoms in total. The largest absolute Gasteiger partial charge is 0.497 e. The first-order chi connectivity index (χ1) is 14.0. The number of fused-ring (bicyclic) bond motifs is 1. The summed E-state index contributed by atoms with van der Waals surface area (Å²) in [6.07, 6.45) is 0.234. The van der Waals surface area contributed by atoms with Crippen molar-refractivity contribution in [2.24, 2.45) is 7.05 Å². The van der Waals surface area contributed by atoms with E-state index in [1.54, 1.807) is 55.6 Å². The molecule has 0 unspecified atom stereocenters. The van der Waals surface area contributed by atoms with Crippen LogP contribution in [-0.2, 0) is 27.8 Å². The van der Waals surface area contributed by atoms with E-state index < -0.39 is 18.5 Å². The van der Waals surface area contributed by atoms with Crippen molar-refractivity contribution in [1.29, 1.82) is 0 Å².